The van der Waals surface area contributed by atoms with Gasteiger partial charge in [-0.15, -0.1) is 0 Å². The molecule has 6 N–H and O–H groups in total. The second kappa shape index (κ2) is 6.81. The molecule has 0 heterocycles. The number of aliphatic hydroxyl groups excluding tert-OH is 1. The summed E-state index contributed by atoms with van der Waals surface area (Å²) in [6.07, 6.45) is -1.49. The van der Waals surface area contributed by atoms with Crippen molar-refractivity contribution < 1.29 is 24.2 Å². The lowest BCUT2D eigenvalue weighted by molar-refractivity contribution is -0.148. The van der Waals surface area contributed by atoms with E-state index in [9.17, 15) is 19.5 Å². The summed E-state index contributed by atoms with van der Waals surface area (Å²) in [6.45, 7) is 1.31. The number of hydrogen-bond acceptors (Lipinski definition) is 6. The van der Waals surface area contributed by atoms with Crippen LogP contribution in [0.2, 0.25) is 0 Å². The van der Waals surface area contributed by atoms with E-state index in [0.717, 1.165) is 7.11 Å². The van der Waals surface area contributed by atoms with Gasteiger partial charge < -0.3 is 26.6 Å². The number of primary amides is 1. The summed E-state index contributed by atoms with van der Waals surface area (Å²) < 4.78 is 4.39. The molecule has 17 heavy (non-hydrogen) atoms. The SMILES string of the molecule is COC(=O)[C@@H](NC(=O)[C@@H](N)CC(N)=O)[C@@H](C)O. The van der Waals surface area contributed by atoms with Gasteiger partial charge in [-0.25, -0.2) is 4.79 Å². The van der Waals surface area contributed by atoms with Gasteiger partial charge in [0, 0.05) is 0 Å². The standard InChI is InChI=1S/C9H17N3O5/c1-4(13)7(9(16)17-2)12-8(15)5(10)3-6(11)14/h4-5,7,13H,3,10H2,1-2H3,(H2,11,14)(H,12,15)/t4-,5+,7+/m1/s1. The quantitative estimate of drug-likeness (QED) is 0.374. The molecule has 8 heteroatoms. The molecule has 0 aliphatic carbocycles. The Balaban J connectivity index is 4.50. The summed E-state index contributed by atoms with van der Waals surface area (Å²) in [6, 6.07) is -2.40. The molecular weight excluding hydrogens is 230 g/mol. The Labute approximate surface area is 98.3 Å². The van der Waals surface area contributed by atoms with Gasteiger partial charge in [0.2, 0.25) is 11.8 Å². The third-order valence-electron chi connectivity index (χ3n) is 1.99. The number of amides is 2. The Bertz CT molecular complexity index is 305. The van der Waals surface area contributed by atoms with Crippen LogP contribution in [0.5, 0.6) is 0 Å². The van der Waals surface area contributed by atoms with Crippen LogP contribution in [0, 0.1) is 0 Å². The molecule has 98 valence electrons. The second-order valence-electron chi connectivity index (χ2n) is 3.53. The summed E-state index contributed by atoms with van der Waals surface area (Å²) in [5.74, 6) is -2.31. The van der Waals surface area contributed by atoms with Crippen molar-refractivity contribution in [2.75, 3.05) is 7.11 Å². The molecule has 0 aliphatic heterocycles. The van der Waals surface area contributed by atoms with Crippen molar-refractivity contribution in [3.8, 4) is 0 Å². The summed E-state index contributed by atoms with van der Waals surface area (Å²) in [7, 11) is 1.12. The number of nitrogens with two attached hydrogens (primary N) is 2. The van der Waals surface area contributed by atoms with Gasteiger partial charge in [0.1, 0.15) is 0 Å². The largest absolute Gasteiger partial charge is 0.467 e. The van der Waals surface area contributed by atoms with Gasteiger partial charge in [-0.1, -0.05) is 0 Å². The van der Waals surface area contributed by atoms with Gasteiger partial charge in [-0.05, 0) is 6.92 Å². The molecule has 0 aromatic carbocycles. The highest BCUT2D eigenvalue weighted by molar-refractivity contribution is 5.90. The molecule has 0 aromatic heterocycles. The predicted molar refractivity (Wildman–Crippen MR) is 57.4 cm³/mol. The minimum absolute atomic E-state index is 0.348. The van der Waals surface area contributed by atoms with Gasteiger partial charge in [0.25, 0.3) is 0 Å². The normalized spacial score (nSPS) is 15.5. The van der Waals surface area contributed by atoms with Crippen LogP contribution in [0.25, 0.3) is 0 Å². The number of ether oxygens (including phenoxy) is 1. The predicted octanol–water partition coefficient (Wildman–Crippen LogP) is -2.77. The minimum Gasteiger partial charge on any atom is -0.467 e. The fourth-order valence-electron chi connectivity index (χ4n) is 1.07. The second-order valence-corrected chi connectivity index (χ2v) is 3.53. The maximum atomic E-state index is 11.5. The fraction of sp³-hybridized carbons (Fsp3) is 0.667. The number of carbonyl (C=O) groups excluding carboxylic acids is 3. The maximum absolute atomic E-state index is 11.5. The van der Waals surface area contributed by atoms with Crippen molar-refractivity contribution in [3.63, 3.8) is 0 Å². The zero-order valence-electron chi connectivity index (χ0n) is 9.67. The van der Waals surface area contributed by atoms with Crippen molar-refractivity contribution >= 4 is 17.8 Å². The first-order chi connectivity index (χ1) is 7.79. The summed E-state index contributed by atoms with van der Waals surface area (Å²) in [5.41, 5.74) is 10.2. The number of hydrogen-bond donors (Lipinski definition) is 4. The molecule has 0 spiro atoms. The van der Waals surface area contributed by atoms with E-state index in [-0.39, 0.29) is 6.42 Å². The zero-order chi connectivity index (χ0) is 13.6. The third-order valence-corrected chi connectivity index (χ3v) is 1.99. The summed E-state index contributed by atoms with van der Waals surface area (Å²) in [5, 5.41) is 11.5. The van der Waals surface area contributed by atoms with Crippen LogP contribution >= 0.6 is 0 Å². The Morgan fingerprint density at radius 3 is 2.29 bits per heavy atom. The third kappa shape index (κ3) is 5.27. The van der Waals surface area contributed by atoms with Crippen LogP contribution in [-0.4, -0.2) is 48.2 Å². The highest BCUT2D eigenvalue weighted by Crippen LogP contribution is 1.97. The molecule has 0 saturated heterocycles. The van der Waals surface area contributed by atoms with E-state index in [0.29, 0.717) is 0 Å². The molecule has 2 amide bonds. The first-order valence-corrected chi connectivity index (χ1v) is 4.89. The monoisotopic (exact) mass is 247 g/mol. The van der Waals surface area contributed by atoms with Crippen LogP contribution in [0.3, 0.4) is 0 Å². The first kappa shape index (κ1) is 15.3. The molecule has 0 unspecified atom stereocenters. The minimum atomic E-state index is -1.23. The van der Waals surface area contributed by atoms with Crippen molar-refractivity contribution in [1.82, 2.24) is 5.32 Å². The molecule has 0 rings (SSSR count). The van der Waals surface area contributed by atoms with Crippen molar-refractivity contribution in [2.45, 2.75) is 31.5 Å². The smallest absolute Gasteiger partial charge is 0.331 e. The van der Waals surface area contributed by atoms with E-state index < -0.39 is 36.0 Å². The van der Waals surface area contributed by atoms with Crippen LogP contribution in [0.1, 0.15) is 13.3 Å². The van der Waals surface area contributed by atoms with Crippen molar-refractivity contribution in [3.05, 3.63) is 0 Å². The van der Waals surface area contributed by atoms with E-state index in [1.54, 1.807) is 0 Å². The molecule has 0 radical (unpaired) electrons. The number of rotatable bonds is 6. The average molecular weight is 247 g/mol. The van der Waals surface area contributed by atoms with E-state index >= 15 is 0 Å². The Morgan fingerprint density at radius 2 is 1.94 bits per heavy atom. The van der Waals surface area contributed by atoms with Crippen LogP contribution < -0.4 is 16.8 Å². The summed E-state index contributed by atoms with van der Waals surface area (Å²) in [4.78, 5) is 33.2. The highest BCUT2D eigenvalue weighted by Gasteiger charge is 2.28. The topological polar surface area (TPSA) is 145 Å². The van der Waals surface area contributed by atoms with Crippen molar-refractivity contribution in [2.24, 2.45) is 11.5 Å². The van der Waals surface area contributed by atoms with Crippen LogP contribution in [0.4, 0.5) is 0 Å². The first-order valence-electron chi connectivity index (χ1n) is 4.89. The molecule has 3 atom stereocenters. The van der Waals surface area contributed by atoms with Gasteiger partial charge in [0.05, 0.1) is 25.7 Å². The molecular formula is C9H17N3O5. The molecule has 0 aliphatic rings. The van der Waals surface area contributed by atoms with Crippen LogP contribution in [0.15, 0.2) is 0 Å². The lowest BCUT2D eigenvalue weighted by atomic mass is 10.1. The fourth-order valence-corrected chi connectivity index (χ4v) is 1.07. The molecule has 0 bridgehead atoms. The Morgan fingerprint density at radius 1 is 1.41 bits per heavy atom. The van der Waals surface area contributed by atoms with E-state index in [4.69, 9.17) is 11.5 Å². The number of esters is 1. The molecule has 0 fully saturated rings. The number of methoxy groups -OCH3 is 1. The Kier molecular flexibility index (Phi) is 6.15. The van der Waals surface area contributed by atoms with E-state index in [2.05, 4.69) is 10.1 Å². The highest BCUT2D eigenvalue weighted by atomic mass is 16.5. The molecule has 0 saturated carbocycles. The Hall–Kier alpha value is -1.67. The van der Waals surface area contributed by atoms with E-state index in [1.165, 1.54) is 6.92 Å². The van der Waals surface area contributed by atoms with Crippen LogP contribution in [-0.2, 0) is 19.1 Å². The van der Waals surface area contributed by atoms with E-state index in [1.807, 2.05) is 0 Å². The number of carbonyl (C=O) groups is 3. The van der Waals surface area contributed by atoms with Gasteiger partial charge in [-0.2, -0.15) is 0 Å². The maximum Gasteiger partial charge on any atom is 0.331 e. The van der Waals surface area contributed by atoms with Gasteiger partial charge >= 0.3 is 5.97 Å². The molecule has 0 aromatic rings. The number of aliphatic hydroxyl groups is 1. The lowest BCUT2D eigenvalue weighted by Gasteiger charge is -2.20. The van der Waals surface area contributed by atoms with Crippen molar-refractivity contribution in [1.29, 1.82) is 0 Å². The average Bonchev–Trinajstić information content (AvgIpc) is 2.22. The molecule has 8 nitrogen and oxygen atoms in total. The summed E-state index contributed by atoms with van der Waals surface area (Å²) >= 11 is 0. The van der Waals surface area contributed by atoms with Gasteiger partial charge in [-0.3, -0.25) is 9.59 Å². The number of nitrogens with one attached hydrogen (secondary N) is 1. The van der Waals surface area contributed by atoms with Gasteiger partial charge in [0.15, 0.2) is 6.04 Å². The lowest BCUT2D eigenvalue weighted by Crippen LogP contribution is -2.53. The zero-order valence-corrected chi connectivity index (χ0v) is 9.67.